The standard InChI is InChI=1S/C16H25N3O2/c1-5-21-13-9-12-11(7-6-8-17-12)18-15(13)19-14(20)10-16(2,3)4/h9,17H,5-8,10H2,1-4H3,(H,18,19,20). The maximum atomic E-state index is 12.1. The highest BCUT2D eigenvalue weighted by Crippen LogP contribution is 2.31. The van der Waals surface area contributed by atoms with E-state index < -0.39 is 0 Å². The molecular weight excluding hydrogens is 266 g/mol. The molecule has 0 fully saturated rings. The quantitative estimate of drug-likeness (QED) is 0.894. The van der Waals surface area contributed by atoms with Crippen LogP contribution in [-0.4, -0.2) is 24.0 Å². The van der Waals surface area contributed by atoms with Crippen LogP contribution in [0.15, 0.2) is 6.07 Å². The number of ether oxygens (including phenoxy) is 1. The van der Waals surface area contributed by atoms with Gasteiger partial charge in [0.05, 0.1) is 18.0 Å². The van der Waals surface area contributed by atoms with Crippen molar-refractivity contribution >= 4 is 17.4 Å². The first-order chi connectivity index (χ1) is 9.89. The van der Waals surface area contributed by atoms with E-state index in [2.05, 4.69) is 15.6 Å². The molecule has 0 saturated heterocycles. The number of nitrogens with one attached hydrogen (secondary N) is 2. The Balaban J connectivity index is 2.22. The first-order valence-electron chi connectivity index (χ1n) is 7.59. The molecule has 1 aromatic heterocycles. The lowest BCUT2D eigenvalue weighted by Crippen LogP contribution is -2.22. The third-order valence-corrected chi connectivity index (χ3v) is 3.22. The zero-order valence-corrected chi connectivity index (χ0v) is 13.4. The van der Waals surface area contributed by atoms with Gasteiger partial charge in [0.2, 0.25) is 5.91 Å². The molecule has 2 rings (SSSR count). The highest BCUT2D eigenvalue weighted by Gasteiger charge is 2.20. The number of carbonyl (C=O) groups is 1. The molecule has 1 aliphatic heterocycles. The van der Waals surface area contributed by atoms with Gasteiger partial charge in [0, 0.05) is 19.0 Å². The molecule has 5 heteroatoms. The molecule has 0 spiro atoms. The molecule has 116 valence electrons. The van der Waals surface area contributed by atoms with Crippen LogP contribution in [0.3, 0.4) is 0 Å². The molecule has 0 atom stereocenters. The summed E-state index contributed by atoms with van der Waals surface area (Å²) < 4.78 is 5.62. The van der Waals surface area contributed by atoms with E-state index in [1.807, 2.05) is 33.8 Å². The Kier molecular flexibility index (Phi) is 4.70. The van der Waals surface area contributed by atoms with Gasteiger partial charge >= 0.3 is 0 Å². The van der Waals surface area contributed by atoms with Gasteiger partial charge in [0.25, 0.3) is 0 Å². The molecule has 2 heterocycles. The molecule has 0 unspecified atom stereocenters. The van der Waals surface area contributed by atoms with Crippen LogP contribution in [0.25, 0.3) is 0 Å². The van der Waals surface area contributed by atoms with Gasteiger partial charge in [-0.3, -0.25) is 4.79 Å². The number of amides is 1. The van der Waals surface area contributed by atoms with Gasteiger partial charge in [0.15, 0.2) is 11.6 Å². The number of hydrogen-bond donors (Lipinski definition) is 2. The highest BCUT2D eigenvalue weighted by atomic mass is 16.5. The van der Waals surface area contributed by atoms with Crippen LogP contribution in [0.4, 0.5) is 11.5 Å². The summed E-state index contributed by atoms with van der Waals surface area (Å²) in [5, 5.41) is 6.22. The first kappa shape index (κ1) is 15.6. The summed E-state index contributed by atoms with van der Waals surface area (Å²) in [4.78, 5) is 16.7. The van der Waals surface area contributed by atoms with Gasteiger partial charge in [-0.05, 0) is 25.2 Å². The number of nitrogens with zero attached hydrogens (tertiary/aromatic N) is 1. The Labute approximate surface area is 126 Å². The summed E-state index contributed by atoms with van der Waals surface area (Å²) >= 11 is 0. The van der Waals surface area contributed by atoms with E-state index in [-0.39, 0.29) is 11.3 Å². The van der Waals surface area contributed by atoms with Gasteiger partial charge in [-0.25, -0.2) is 4.98 Å². The summed E-state index contributed by atoms with van der Waals surface area (Å²) in [5.74, 6) is 1.14. The SMILES string of the molecule is CCOc1cc2c(nc1NC(=O)CC(C)(C)C)CCCN2. The maximum Gasteiger partial charge on any atom is 0.226 e. The van der Waals surface area contributed by atoms with E-state index in [1.54, 1.807) is 0 Å². The van der Waals surface area contributed by atoms with Gasteiger partial charge in [-0.2, -0.15) is 0 Å². The average Bonchev–Trinajstić information content (AvgIpc) is 2.37. The molecule has 1 aromatic rings. The number of rotatable bonds is 4. The average molecular weight is 291 g/mol. The van der Waals surface area contributed by atoms with Crippen molar-refractivity contribution < 1.29 is 9.53 Å². The number of pyridine rings is 1. The second kappa shape index (κ2) is 6.33. The Hall–Kier alpha value is -1.78. The smallest absolute Gasteiger partial charge is 0.226 e. The fraction of sp³-hybridized carbons (Fsp3) is 0.625. The van der Waals surface area contributed by atoms with Crippen LogP contribution in [0.2, 0.25) is 0 Å². The van der Waals surface area contributed by atoms with E-state index in [1.165, 1.54) is 0 Å². The predicted molar refractivity (Wildman–Crippen MR) is 84.9 cm³/mol. The fourth-order valence-electron chi connectivity index (χ4n) is 2.37. The van der Waals surface area contributed by atoms with Crippen molar-refractivity contribution in [3.05, 3.63) is 11.8 Å². The summed E-state index contributed by atoms with van der Waals surface area (Å²) in [6, 6.07) is 1.94. The minimum atomic E-state index is -0.0500. The number of fused-ring (bicyclic) bond motifs is 1. The summed E-state index contributed by atoms with van der Waals surface area (Å²) in [7, 11) is 0. The van der Waals surface area contributed by atoms with Crippen molar-refractivity contribution in [1.29, 1.82) is 0 Å². The van der Waals surface area contributed by atoms with Crippen LogP contribution in [0, 0.1) is 5.41 Å². The summed E-state index contributed by atoms with van der Waals surface area (Å²) in [6.45, 7) is 9.55. The van der Waals surface area contributed by atoms with Crippen LogP contribution < -0.4 is 15.4 Å². The fourth-order valence-corrected chi connectivity index (χ4v) is 2.37. The monoisotopic (exact) mass is 291 g/mol. The third-order valence-electron chi connectivity index (χ3n) is 3.22. The highest BCUT2D eigenvalue weighted by molar-refractivity contribution is 5.91. The zero-order valence-electron chi connectivity index (χ0n) is 13.4. The number of aryl methyl sites for hydroxylation is 1. The lowest BCUT2D eigenvalue weighted by atomic mass is 9.92. The zero-order chi connectivity index (χ0) is 15.5. The third kappa shape index (κ3) is 4.34. The minimum Gasteiger partial charge on any atom is -0.490 e. The number of anilines is 2. The van der Waals surface area contributed by atoms with Crippen molar-refractivity contribution in [2.24, 2.45) is 5.41 Å². The number of carbonyl (C=O) groups excluding carboxylic acids is 1. The van der Waals surface area contributed by atoms with Gasteiger partial charge in [-0.15, -0.1) is 0 Å². The summed E-state index contributed by atoms with van der Waals surface area (Å²) in [5.41, 5.74) is 1.96. The Morgan fingerprint density at radius 2 is 2.24 bits per heavy atom. The second-order valence-corrected chi connectivity index (χ2v) is 6.58. The van der Waals surface area contributed by atoms with Crippen molar-refractivity contribution in [3.63, 3.8) is 0 Å². The molecule has 0 saturated carbocycles. The molecule has 1 aliphatic rings. The second-order valence-electron chi connectivity index (χ2n) is 6.58. The van der Waals surface area contributed by atoms with Crippen molar-refractivity contribution in [1.82, 2.24) is 4.98 Å². The number of hydrogen-bond acceptors (Lipinski definition) is 4. The maximum absolute atomic E-state index is 12.1. The molecule has 0 aliphatic carbocycles. The Morgan fingerprint density at radius 1 is 1.48 bits per heavy atom. The molecule has 21 heavy (non-hydrogen) atoms. The molecule has 0 radical (unpaired) electrons. The number of aromatic nitrogens is 1. The van der Waals surface area contributed by atoms with Crippen LogP contribution >= 0.6 is 0 Å². The van der Waals surface area contributed by atoms with Crippen LogP contribution in [0.5, 0.6) is 5.75 Å². The Bertz CT molecular complexity index is 521. The predicted octanol–water partition coefficient (Wildman–Crippen LogP) is 3.21. The minimum absolute atomic E-state index is 0.0281. The van der Waals surface area contributed by atoms with Gasteiger partial charge in [-0.1, -0.05) is 20.8 Å². The van der Waals surface area contributed by atoms with Crippen molar-refractivity contribution in [2.75, 3.05) is 23.8 Å². The van der Waals surface area contributed by atoms with Crippen molar-refractivity contribution in [3.8, 4) is 5.75 Å². The lowest BCUT2D eigenvalue weighted by Gasteiger charge is -2.21. The largest absolute Gasteiger partial charge is 0.490 e. The van der Waals surface area contributed by atoms with Crippen LogP contribution in [-0.2, 0) is 11.2 Å². The molecule has 0 bridgehead atoms. The topological polar surface area (TPSA) is 63.2 Å². The van der Waals surface area contributed by atoms with E-state index in [0.717, 1.165) is 30.8 Å². The normalized spacial score (nSPS) is 14.1. The molecular formula is C16H25N3O2. The molecule has 2 N–H and O–H groups in total. The van der Waals surface area contributed by atoms with E-state index >= 15 is 0 Å². The summed E-state index contributed by atoms with van der Waals surface area (Å²) in [6.07, 6.45) is 2.44. The van der Waals surface area contributed by atoms with Gasteiger partial charge < -0.3 is 15.4 Å². The molecule has 5 nitrogen and oxygen atoms in total. The molecule has 1 amide bonds. The van der Waals surface area contributed by atoms with Crippen LogP contribution in [0.1, 0.15) is 46.2 Å². The first-order valence-corrected chi connectivity index (χ1v) is 7.59. The Morgan fingerprint density at radius 3 is 2.90 bits per heavy atom. The van der Waals surface area contributed by atoms with E-state index in [9.17, 15) is 4.79 Å². The van der Waals surface area contributed by atoms with Crippen molar-refractivity contribution in [2.45, 2.75) is 47.0 Å². The molecule has 0 aromatic carbocycles. The van der Waals surface area contributed by atoms with E-state index in [4.69, 9.17) is 4.74 Å². The van der Waals surface area contributed by atoms with E-state index in [0.29, 0.717) is 24.6 Å². The lowest BCUT2D eigenvalue weighted by molar-refractivity contribution is -0.117. The van der Waals surface area contributed by atoms with Gasteiger partial charge in [0.1, 0.15) is 0 Å².